The molecule has 0 aliphatic carbocycles. The van der Waals surface area contributed by atoms with Crippen LogP contribution in [0.1, 0.15) is 110 Å². The molecule has 0 fully saturated rings. The van der Waals surface area contributed by atoms with Crippen LogP contribution in [-0.4, -0.2) is 42.8 Å². The average Bonchev–Trinajstić information content (AvgIpc) is 2.71. The van der Waals surface area contributed by atoms with Crippen LogP contribution >= 0.6 is 0 Å². The van der Waals surface area contributed by atoms with E-state index in [2.05, 4.69) is 19.1 Å². The standard InChI is InChI=1S/C25H48N2O3.H3N/c1-4-5-6-7-8-9-10-11-12-13-14-15-16-17-18-20-23(28)25(24(29)30,27(2)3)21-19-22-26;/h11-12H,4-10,13-22,26H2,1-3H3,(H,29,30);1H3/b12-11-;. The molecule has 0 saturated heterocycles. The number of carbonyl (C=O) groups is 2. The second-order valence-corrected chi connectivity index (χ2v) is 8.69. The Morgan fingerprint density at radius 3 is 1.77 bits per heavy atom. The first-order chi connectivity index (χ1) is 14.4. The monoisotopic (exact) mass is 441 g/mol. The van der Waals surface area contributed by atoms with Gasteiger partial charge in [-0.3, -0.25) is 9.69 Å². The van der Waals surface area contributed by atoms with Gasteiger partial charge in [-0.15, -0.1) is 0 Å². The van der Waals surface area contributed by atoms with Gasteiger partial charge in [0.1, 0.15) is 5.54 Å². The summed E-state index contributed by atoms with van der Waals surface area (Å²) in [5, 5.41) is 11.7. The van der Waals surface area contributed by atoms with Gasteiger partial charge in [0.05, 0.1) is 5.97 Å². The highest BCUT2D eigenvalue weighted by molar-refractivity contribution is 6.06. The lowest BCUT2D eigenvalue weighted by Gasteiger charge is -2.39. The summed E-state index contributed by atoms with van der Waals surface area (Å²) in [5.41, 5.74) is 3.98. The molecule has 1 atom stereocenters. The number of quaternary nitrogens is 1. The fourth-order valence-electron chi connectivity index (χ4n) is 3.93. The number of nitrogens with two attached hydrogens (primary N) is 1. The Hall–Kier alpha value is -1.24. The van der Waals surface area contributed by atoms with E-state index < -0.39 is 11.5 Å². The van der Waals surface area contributed by atoms with Crippen LogP contribution in [0.15, 0.2) is 12.2 Å². The molecule has 0 saturated carbocycles. The molecule has 0 aliphatic heterocycles. The third-order valence-electron chi connectivity index (χ3n) is 5.97. The summed E-state index contributed by atoms with van der Waals surface area (Å²) in [6.07, 6.45) is 21.1. The number of hydrogen-bond donors (Lipinski definition) is 2. The van der Waals surface area contributed by atoms with E-state index >= 15 is 0 Å². The van der Waals surface area contributed by atoms with Gasteiger partial charge in [0, 0.05) is 6.42 Å². The van der Waals surface area contributed by atoms with Gasteiger partial charge in [-0.1, -0.05) is 70.4 Å². The molecule has 0 aromatic carbocycles. The first-order valence-corrected chi connectivity index (χ1v) is 12.2. The van der Waals surface area contributed by atoms with Crippen LogP contribution in [0, 0.1) is 0 Å². The molecule has 0 heterocycles. The minimum Gasteiger partial charge on any atom is -0.548 e. The number of carbonyl (C=O) groups excluding carboxylic acids is 2. The largest absolute Gasteiger partial charge is 0.548 e. The second-order valence-electron chi connectivity index (χ2n) is 8.69. The summed E-state index contributed by atoms with van der Waals surface area (Å²) >= 11 is 0. The number of allylic oxidation sites excluding steroid dienone is 2. The molecule has 6 nitrogen and oxygen atoms in total. The lowest BCUT2D eigenvalue weighted by atomic mass is 9.84. The summed E-state index contributed by atoms with van der Waals surface area (Å²) in [4.78, 5) is 25.9. The molecule has 0 aliphatic rings. The van der Waals surface area contributed by atoms with E-state index in [1.54, 1.807) is 14.1 Å². The van der Waals surface area contributed by atoms with E-state index in [1.807, 2.05) is 0 Å². The van der Waals surface area contributed by atoms with Gasteiger partial charge in [-0.05, 0) is 65.6 Å². The predicted octanol–water partition coefficient (Wildman–Crippen LogP) is 4.76. The zero-order valence-electron chi connectivity index (χ0n) is 20.9. The lowest BCUT2D eigenvalue weighted by molar-refractivity contribution is -0.316. The Labute approximate surface area is 191 Å². The molecule has 0 radical (unpaired) electrons. The number of unbranched alkanes of at least 4 members (excludes halogenated alkanes) is 11. The highest BCUT2D eigenvalue weighted by atomic mass is 16.4. The number of rotatable bonds is 21. The van der Waals surface area contributed by atoms with Crippen molar-refractivity contribution in [2.75, 3.05) is 20.6 Å². The van der Waals surface area contributed by atoms with Crippen molar-refractivity contribution >= 4 is 11.8 Å². The maximum Gasteiger partial charge on any atom is 0.158 e. The second kappa shape index (κ2) is 20.7. The normalized spacial score (nSPS) is 13.3. The SMILES string of the molecule is CCCCCCCC/C=C\CCCCCCCC(=O)C(CCCN)(C(=O)[O-])N(C)C.[NH4+]. The van der Waals surface area contributed by atoms with Crippen LogP contribution in [0.2, 0.25) is 0 Å². The summed E-state index contributed by atoms with van der Waals surface area (Å²) in [6, 6.07) is 0. The Morgan fingerprint density at radius 2 is 1.32 bits per heavy atom. The first kappa shape index (κ1) is 31.9. The van der Waals surface area contributed by atoms with Gasteiger partial charge in [0.15, 0.2) is 5.78 Å². The highest BCUT2D eigenvalue weighted by Gasteiger charge is 2.40. The molecule has 0 amide bonds. The third-order valence-corrected chi connectivity index (χ3v) is 5.97. The number of carboxylic acid groups (broad SMARTS) is 1. The van der Waals surface area contributed by atoms with Gasteiger partial charge in [0.2, 0.25) is 0 Å². The Kier molecular flexibility index (Phi) is 21.3. The van der Waals surface area contributed by atoms with Crippen molar-refractivity contribution in [2.45, 2.75) is 115 Å². The van der Waals surface area contributed by atoms with E-state index in [-0.39, 0.29) is 24.8 Å². The fourth-order valence-corrected chi connectivity index (χ4v) is 3.93. The quantitative estimate of drug-likeness (QED) is 0.151. The molecule has 31 heavy (non-hydrogen) atoms. The van der Waals surface area contributed by atoms with E-state index in [0.717, 1.165) is 32.1 Å². The van der Waals surface area contributed by atoms with Gasteiger partial charge in [-0.2, -0.15) is 0 Å². The van der Waals surface area contributed by atoms with Crippen LogP contribution in [-0.2, 0) is 9.59 Å². The number of carboxylic acids is 1. The van der Waals surface area contributed by atoms with Crippen molar-refractivity contribution in [1.82, 2.24) is 11.1 Å². The van der Waals surface area contributed by atoms with Gasteiger partial charge < -0.3 is 21.8 Å². The Balaban J connectivity index is 0. The topological polar surface area (TPSA) is 123 Å². The summed E-state index contributed by atoms with van der Waals surface area (Å²) in [6.45, 7) is 2.61. The number of Topliss-reactive ketones (excluding diaryl/α,β-unsaturated/α-hetero) is 1. The van der Waals surface area contributed by atoms with Crippen molar-refractivity contribution in [2.24, 2.45) is 5.73 Å². The van der Waals surface area contributed by atoms with Crippen LogP contribution in [0.3, 0.4) is 0 Å². The van der Waals surface area contributed by atoms with E-state index in [4.69, 9.17) is 5.73 Å². The molecule has 0 spiro atoms. The molecule has 6 N–H and O–H groups in total. The van der Waals surface area contributed by atoms with Crippen molar-refractivity contribution in [3.63, 3.8) is 0 Å². The minimum absolute atomic E-state index is 0. The maximum absolute atomic E-state index is 12.7. The molecule has 0 aromatic heterocycles. The van der Waals surface area contributed by atoms with Gasteiger partial charge in [-0.25, -0.2) is 0 Å². The number of aliphatic carboxylic acids is 1. The number of nitrogens with zero attached hydrogens (tertiary/aromatic N) is 1. The summed E-state index contributed by atoms with van der Waals surface area (Å²) in [5.74, 6) is -1.56. The zero-order valence-corrected chi connectivity index (χ0v) is 20.9. The van der Waals surface area contributed by atoms with Crippen LogP contribution in [0.25, 0.3) is 0 Å². The zero-order chi connectivity index (χ0) is 22.7. The summed E-state index contributed by atoms with van der Waals surface area (Å²) in [7, 11) is 3.26. The van der Waals surface area contributed by atoms with E-state index in [9.17, 15) is 14.7 Å². The molecule has 0 rings (SSSR count). The molecule has 0 bridgehead atoms. The van der Waals surface area contributed by atoms with Crippen LogP contribution in [0.5, 0.6) is 0 Å². The number of likely N-dealkylation sites (N-methyl/N-ethyl adjacent to an activating group) is 1. The van der Waals surface area contributed by atoms with Crippen molar-refractivity contribution in [1.29, 1.82) is 0 Å². The molecule has 6 heteroatoms. The molecule has 1 unspecified atom stereocenters. The number of hydrogen-bond acceptors (Lipinski definition) is 5. The maximum atomic E-state index is 12.7. The van der Waals surface area contributed by atoms with Crippen LogP contribution in [0.4, 0.5) is 0 Å². The summed E-state index contributed by atoms with van der Waals surface area (Å²) < 4.78 is 0. The van der Waals surface area contributed by atoms with E-state index in [0.29, 0.717) is 13.0 Å². The van der Waals surface area contributed by atoms with Crippen LogP contribution < -0.4 is 17.0 Å². The molecular formula is C25H51N3O3. The lowest BCUT2D eigenvalue weighted by Crippen LogP contribution is -2.62. The molecule has 0 aromatic rings. The van der Waals surface area contributed by atoms with Crippen molar-refractivity contribution in [3.8, 4) is 0 Å². The van der Waals surface area contributed by atoms with Gasteiger partial charge in [0.25, 0.3) is 0 Å². The van der Waals surface area contributed by atoms with Gasteiger partial charge >= 0.3 is 0 Å². The smallest absolute Gasteiger partial charge is 0.158 e. The Bertz CT molecular complexity index is 481. The highest BCUT2D eigenvalue weighted by Crippen LogP contribution is 2.23. The third kappa shape index (κ3) is 13.7. The predicted molar refractivity (Wildman–Crippen MR) is 130 cm³/mol. The fraction of sp³-hybridized carbons (Fsp3) is 0.840. The van der Waals surface area contributed by atoms with Crippen molar-refractivity contribution in [3.05, 3.63) is 12.2 Å². The first-order valence-electron chi connectivity index (χ1n) is 12.2. The number of ketones is 1. The molecule has 184 valence electrons. The molecular weight excluding hydrogens is 390 g/mol. The van der Waals surface area contributed by atoms with Crippen molar-refractivity contribution < 1.29 is 14.7 Å². The minimum atomic E-state index is -1.54. The average molecular weight is 442 g/mol. The Morgan fingerprint density at radius 1 is 0.839 bits per heavy atom. The van der Waals surface area contributed by atoms with E-state index in [1.165, 1.54) is 56.3 Å².